The molecule has 0 amide bonds. The topological polar surface area (TPSA) is 43.9 Å². The van der Waals surface area contributed by atoms with Gasteiger partial charge in [-0.25, -0.2) is 0 Å². The number of aliphatic imine (C=N–C) groups is 1. The quantitative estimate of drug-likeness (QED) is 0.763. The Labute approximate surface area is 93.2 Å². The summed E-state index contributed by atoms with van der Waals surface area (Å²) in [6, 6.07) is 8.13. The Bertz CT molecular complexity index is 554. The van der Waals surface area contributed by atoms with E-state index >= 15 is 0 Å². The molecule has 0 unspecified atom stereocenters. The molecule has 2 aromatic heterocycles. The van der Waals surface area contributed by atoms with Gasteiger partial charge in [-0.05, 0) is 42.5 Å². The molecule has 3 rings (SSSR count). The second-order valence-corrected chi connectivity index (χ2v) is 3.62. The minimum atomic E-state index is 0.972. The van der Waals surface area contributed by atoms with Crippen molar-refractivity contribution < 1.29 is 0 Å². The molecule has 16 heavy (non-hydrogen) atoms. The van der Waals surface area contributed by atoms with Gasteiger partial charge in [-0.3, -0.25) is 4.99 Å². The van der Waals surface area contributed by atoms with Crippen LogP contribution >= 0.6 is 0 Å². The van der Waals surface area contributed by atoms with E-state index in [1.54, 1.807) is 6.21 Å². The van der Waals surface area contributed by atoms with E-state index in [-0.39, 0.29) is 0 Å². The molecule has 1 aliphatic rings. The van der Waals surface area contributed by atoms with Crippen molar-refractivity contribution in [1.82, 2.24) is 9.97 Å². The third-order valence-electron chi connectivity index (χ3n) is 2.48. The van der Waals surface area contributed by atoms with Gasteiger partial charge in [0, 0.05) is 18.1 Å². The maximum Gasteiger partial charge on any atom is 0.0650 e. The summed E-state index contributed by atoms with van der Waals surface area (Å²) in [5.74, 6) is 0. The van der Waals surface area contributed by atoms with E-state index in [1.807, 2.05) is 42.6 Å². The second kappa shape index (κ2) is 3.70. The lowest BCUT2D eigenvalue weighted by atomic mass is 10.3. The number of allylic oxidation sites excluding steroid dienone is 2. The summed E-state index contributed by atoms with van der Waals surface area (Å²) < 4.78 is 0. The first-order chi connectivity index (χ1) is 7.92. The number of rotatable bonds is 2. The fourth-order valence-electron chi connectivity index (χ4n) is 1.71. The highest BCUT2D eigenvalue weighted by molar-refractivity contribution is 5.79. The molecule has 0 saturated carbocycles. The van der Waals surface area contributed by atoms with E-state index in [4.69, 9.17) is 0 Å². The third-order valence-corrected chi connectivity index (χ3v) is 2.48. The Hall–Kier alpha value is -2.29. The fourth-order valence-corrected chi connectivity index (χ4v) is 1.71. The summed E-state index contributed by atoms with van der Waals surface area (Å²) in [6.07, 6.45) is 9.64. The minimum absolute atomic E-state index is 0.972. The zero-order chi connectivity index (χ0) is 10.8. The van der Waals surface area contributed by atoms with Crippen LogP contribution in [0.15, 0.2) is 53.3 Å². The van der Waals surface area contributed by atoms with Gasteiger partial charge in [-0.1, -0.05) is 0 Å². The van der Waals surface area contributed by atoms with Gasteiger partial charge in [-0.15, -0.1) is 0 Å². The SMILES string of the molecule is C1=C/C(=C\c2ccc(-c3ccc[nH]3)[nH]2)N=C1. The molecule has 0 atom stereocenters. The monoisotopic (exact) mass is 209 g/mol. The molecule has 3 nitrogen and oxygen atoms in total. The molecule has 78 valence electrons. The predicted molar refractivity (Wildman–Crippen MR) is 66.2 cm³/mol. The zero-order valence-electron chi connectivity index (χ0n) is 8.64. The highest BCUT2D eigenvalue weighted by Gasteiger charge is 2.01. The van der Waals surface area contributed by atoms with E-state index < -0.39 is 0 Å². The molecular formula is C13H11N3. The summed E-state index contributed by atoms with van der Waals surface area (Å²) >= 11 is 0. The van der Waals surface area contributed by atoms with Gasteiger partial charge in [0.2, 0.25) is 0 Å². The molecule has 3 heteroatoms. The van der Waals surface area contributed by atoms with Gasteiger partial charge < -0.3 is 9.97 Å². The smallest absolute Gasteiger partial charge is 0.0650 e. The van der Waals surface area contributed by atoms with Crippen LogP contribution in [0.3, 0.4) is 0 Å². The van der Waals surface area contributed by atoms with Crippen molar-refractivity contribution in [2.24, 2.45) is 4.99 Å². The van der Waals surface area contributed by atoms with Crippen LogP contribution in [-0.2, 0) is 0 Å². The van der Waals surface area contributed by atoms with Crippen molar-refractivity contribution in [1.29, 1.82) is 0 Å². The Morgan fingerprint density at radius 1 is 1.12 bits per heavy atom. The van der Waals surface area contributed by atoms with Gasteiger partial charge in [0.25, 0.3) is 0 Å². The number of aromatic nitrogens is 2. The number of nitrogens with one attached hydrogen (secondary N) is 2. The first kappa shape index (κ1) is 8.97. The van der Waals surface area contributed by atoms with Crippen molar-refractivity contribution in [2.75, 3.05) is 0 Å². The number of aromatic amines is 2. The highest BCUT2D eigenvalue weighted by Crippen LogP contribution is 2.18. The van der Waals surface area contributed by atoms with Crippen LogP contribution < -0.4 is 0 Å². The molecule has 0 spiro atoms. The van der Waals surface area contributed by atoms with E-state index in [0.29, 0.717) is 0 Å². The van der Waals surface area contributed by atoms with Gasteiger partial charge in [0.05, 0.1) is 17.1 Å². The zero-order valence-corrected chi connectivity index (χ0v) is 8.64. The minimum Gasteiger partial charge on any atom is -0.360 e. The Balaban J connectivity index is 1.91. The molecular weight excluding hydrogens is 198 g/mol. The van der Waals surface area contributed by atoms with Crippen molar-refractivity contribution in [3.05, 3.63) is 54.0 Å². The van der Waals surface area contributed by atoms with Crippen LogP contribution in [-0.4, -0.2) is 16.2 Å². The highest BCUT2D eigenvalue weighted by atomic mass is 14.8. The predicted octanol–water partition coefficient (Wildman–Crippen LogP) is 2.99. The molecule has 0 fully saturated rings. The van der Waals surface area contributed by atoms with Gasteiger partial charge in [0.15, 0.2) is 0 Å². The van der Waals surface area contributed by atoms with Crippen molar-refractivity contribution in [3.63, 3.8) is 0 Å². The van der Waals surface area contributed by atoms with E-state index in [2.05, 4.69) is 21.0 Å². The lowest BCUT2D eigenvalue weighted by Gasteiger charge is -1.92. The van der Waals surface area contributed by atoms with Crippen molar-refractivity contribution in [2.45, 2.75) is 0 Å². The third kappa shape index (κ3) is 1.63. The summed E-state index contributed by atoms with van der Waals surface area (Å²) in [5.41, 5.74) is 4.21. The van der Waals surface area contributed by atoms with Gasteiger partial charge >= 0.3 is 0 Å². The first-order valence-electron chi connectivity index (χ1n) is 5.17. The van der Waals surface area contributed by atoms with Crippen LogP contribution in [0.25, 0.3) is 17.5 Å². The second-order valence-electron chi connectivity index (χ2n) is 3.62. The lowest BCUT2D eigenvalue weighted by molar-refractivity contribution is 1.31. The fraction of sp³-hybridized carbons (Fsp3) is 0. The number of hydrogen-bond donors (Lipinski definition) is 2. The van der Waals surface area contributed by atoms with Gasteiger partial charge in [-0.2, -0.15) is 0 Å². The average Bonchev–Trinajstić information content (AvgIpc) is 2.99. The van der Waals surface area contributed by atoms with E-state index in [0.717, 1.165) is 22.8 Å². The first-order valence-corrected chi connectivity index (χ1v) is 5.17. The maximum atomic E-state index is 4.20. The standard InChI is InChI=1S/C13H11N3/c1-3-10(14-7-1)9-11-5-6-13(16-11)12-4-2-8-15-12/h1-9,15-16H/b10-9+. The molecule has 0 aliphatic carbocycles. The molecule has 0 aromatic carbocycles. The largest absolute Gasteiger partial charge is 0.360 e. The molecule has 0 bridgehead atoms. The molecule has 2 N–H and O–H groups in total. The van der Waals surface area contributed by atoms with Crippen LogP contribution in [0.2, 0.25) is 0 Å². The van der Waals surface area contributed by atoms with Crippen LogP contribution in [0, 0.1) is 0 Å². The van der Waals surface area contributed by atoms with E-state index in [1.165, 1.54) is 0 Å². The summed E-state index contributed by atoms with van der Waals surface area (Å²) in [4.78, 5) is 10.7. The summed E-state index contributed by atoms with van der Waals surface area (Å²) in [6.45, 7) is 0. The van der Waals surface area contributed by atoms with Gasteiger partial charge in [0.1, 0.15) is 0 Å². The van der Waals surface area contributed by atoms with Crippen LogP contribution in [0.5, 0.6) is 0 Å². The van der Waals surface area contributed by atoms with Crippen LogP contribution in [0.1, 0.15) is 5.69 Å². The molecule has 1 aliphatic heterocycles. The van der Waals surface area contributed by atoms with Crippen LogP contribution in [0.4, 0.5) is 0 Å². The normalized spacial score (nSPS) is 16.4. The number of H-pyrrole nitrogens is 2. The lowest BCUT2D eigenvalue weighted by Crippen LogP contribution is -1.77. The molecule has 2 aromatic rings. The van der Waals surface area contributed by atoms with Crippen molar-refractivity contribution >= 4 is 12.3 Å². The number of hydrogen-bond acceptors (Lipinski definition) is 1. The Morgan fingerprint density at radius 2 is 2.12 bits per heavy atom. The molecule has 0 saturated heterocycles. The maximum absolute atomic E-state index is 4.20. The Kier molecular flexibility index (Phi) is 2.07. The summed E-state index contributed by atoms with van der Waals surface area (Å²) in [5, 5.41) is 0. The molecule has 0 radical (unpaired) electrons. The molecule has 3 heterocycles. The Morgan fingerprint density at radius 3 is 2.88 bits per heavy atom. The van der Waals surface area contributed by atoms with Crippen molar-refractivity contribution in [3.8, 4) is 11.4 Å². The average molecular weight is 209 g/mol. The summed E-state index contributed by atoms with van der Waals surface area (Å²) in [7, 11) is 0. The van der Waals surface area contributed by atoms with E-state index in [9.17, 15) is 0 Å². The number of nitrogens with zero attached hydrogens (tertiary/aromatic N) is 1.